The van der Waals surface area contributed by atoms with E-state index in [0.717, 1.165) is 0 Å². The minimum absolute atomic E-state index is 0.283. The summed E-state index contributed by atoms with van der Waals surface area (Å²) >= 11 is 0. The van der Waals surface area contributed by atoms with Crippen LogP contribution in [0.4, 0.5) is 5.69 Å². The van der Waals surface area contributed by atoms with Gasteiger partial charge in [-0.2, -0.15) is 5.10 Å². The molecule has 1 heterocycles. The molecule has 0 saturated carbocycles. The molecule has 1 aromatic carbocycles. The van der Waals surface area contributed by atoms with Gasteiger partial charge in [0.05, 0.1) is 5.69 Å². The smallest absolute Gasteiger partial charge is 0.320 e. The molecule has 0 radical (unpaired) electrons. The van der Waals surface area contributed by atoms with Crippen LogP contribution in [0.25, 0.3) is 5.69 Å². The van der Waals surface area contributed by atoms with Crippen LogP contribution in [-0.2, 0) is 14.8 Å². The largest absolute Gasteiger partial charge is 0.480 e. The molecular weight excluding hydrogens is 272 g/mol. The number of rotatable bonds is 5. The Hall–Kier alpha value is -2.42. The highest BCUT2D eigenvalue weighted by Crippen LogP contribution is 2.13. The van der Waals surface area contributed by atoms with Gasteiger partial charge in [0.25, 0.3) is 0 Å². The van der Waals surface area contributed by atoms with Crippen molar-refractivity contribution in [1.29, 1.82) is 0 Å². The standard InChI is InChI=1S/C10H10N4O4S/c15-10(16)5-19(17,18)13-8-1-3-9(4-2-8)14-7-11-6-12-14/h1-4,6-7,13H,5H2,(H,15,16). The lowest BCUT2D eigenvalue weighted by Crippen LogP contribution is -2.22. The van der Waals surface area contributed by atoms with Crippen LogP contribution in [0.2, 0.25) is 0 Å². The molecule has 0 aliphatic heterocycles. The second-order valence-corrected chi connectivity index (χ2v) is 5.36. The highest BCUT2D eigenvalue weighted by Gasteiger charge is 2.15. The Morgan fingerprint density at radius 2 is 2.00 bits per heavy atom. The second-order valence-electron chi connectivity index (χ2n) is 3.64. The van der Waals surface area contributed by atoms with Gasteiger partial charge in [0.1, 0.15) is 12.7 Å². The van der Waals surface area contributed by atoms with Gasteiger partial charge in [-0.3, -0.25) is 9.52 Å². The van der Waals surface area contributed by atoms with E-state index in [2.05, 4.69) is 14.8 Å². The summed E-state index contributed by atoms with van der Waals surface area (Å²) in [6, 6.07) is 6.29. The molecule has 2 aromatic rings. The highest BCUT2D eigenvalue weighted by molar-refractivity contribution is 7.93. The van der Waals surface area contributed by atoms with E-state index in [9.17, 15) is 13.2 Å². The summed E-state index contributed by atoms with van der Waals surface area (Å²) in [6.07, 6.45) is 2.88. The third-order valence-corrected chi connectivity index (χ3v) is 3.31. The first-order valence-corrected chi connectivity index (χ1v) is 6.79. The SMILES string of the molecule is O=C(O)CS(=O)(=O)Nc1ccc(-n2cncn2)cc1. The molecular formula is C10H10N4O4S. The zero-order valence-electron chi connectivity index (χ0n) is 9.59. The summed E-state index contributed by atoms with van der Waals surface area (Å²) in [4.78, 5) is 14.2. The lowest BCUT2D eigenvalue weighted by Gasteiger charge is -2.07. The molecule has 0 unspecified atom stereocenters. The number of nitrogens with zero attached hydrogens (tertiary/aromatic N) is 3. The Kier molecular flexibility index (Phi) is 3.47. The monoisotopic (exact) mass is 282 g/mol. The molecule has 0 bridgehead atoms. The van der Waals surface area contributed by atoms with Crippen molar-refractivity contribution >= 4 is 21.7 Å². The number of benzene rings is 1. The van der Waals surface area contributed by atoms with Gasteiger partial charge in [-0.15, -0.1) is 0 Å². The van der Waals surface area contributed by atoms with Crippen molar-refractivity contribution < 1.29 is 18.3 Å². The highest BCUT2D eigenvalue weighted by atomic mass is 32.2. The van der Waals surface area contributed by atoms with E-state index in [1.54, 1.807) is 12.1 Å². The number of anilines is 1. The van der Waals surface area contributed by atoms with Crippen molar-refractivity contribution in [2.24, 2.45) is 0 Å². The third-order valence-electron chi connectivity index (χ3n) is 2.14. The van der Waals surface area contributed by atoms with E-state index < -0.39 is 21.7 Å². The molecule has 0 fully saturated rings. The first-order valence-electron chi connectivity index (χ1n) is 5.14. The number of carbonyl (C=O) groups is 1. The number of sulfonamides is 1. The van der Waals surface area contributed by atoms with Crippen LogP contribution in [0.5, 0.6) is 0 Å². The maximum absolute atomic E-state index is 11.4. The summed E-state index contributed by atoms with van der Waals surface area (Å²) < 4.78 is 26.5. The molecule has 2 N–H and O–H groups in total. The molecule has 1 aromatic heterocycles. The van der Waals surface area contributed by atoms with Crippen molar-refractivity contribution in [2.45, 2.75) is 0 Å². The molecule has 0 amide bonds. The van der Waals surface area contributed by atoms with Gasteiger partial charge in [-0.05, 0) is 24.3 Å². The fourth-order valence-corrected chi connectivity index (χ4v) is 2.29. The lowest BCUT2D eigenvalue weighted by atomic mass is 10.3. The van der Waals surface area contributed by atoms with Gasteiger partial charge < -0.3 is 5.11 Å². The molecule has 2 rings (SSSR count). The predicted molar refractivity (Wildman–Crippen MR) is 66.4 cm³/mol. The fraction of sp³-hybridized carbons (Fsp3) is 0.100. The number of hydrogen-bond donors (Lipinski definition) is 2. The van der Waals surface area contributed by atoms with Crippen molar-refractivity contribution in [3.63, 3.8) is 0 Å². The number of carboxylic acid groups (broad SMARTS) is 1. The first-order chi connectivity index (χ1) is 8.96. The molecule has 19 heavy (non-hydrogen) atoms. The topological polar surface area (TPSA) is 114 Å². The van der Waals surface area contributed by atoms with Crippen molar-refractivity contribution in [2.75, 3.05) is 10.5 Å². The normalized spacial score (nSPS) is 11.2. The summed E-state index contributed by atoms with van der Waals surface area (Å²) in [5.74, 6) is -2.38. The molecule has 9 heteroatoms. The van der Waals surface area contributed by atoms with Crippen LogP contribution in [0, 0.1) is 0 Å². The predicted octanol–water partition coefficient (Wildman–Crippen LogP) is 0.0936. The van der Waals surface area contributed by atoms with Gasteiger partial charge in [0.2, 0.25) is 10.0 Å². The Balaban J connectivity index is 2.13. The summed E-state index contributed by atoms with van der Waals surface area (Å²) in [5.41, 5.74) is 0.990. The lowest BCUT2D eigenvalue weighted by molar-refractivity contribution is -0.134. The van der Waals surface area contributed by atoms with E-state index in [1.165, 1.54) is 29.5 Å². The molecule has 0 spiro atoms. The number of hydrogen-bond acceptors (Lipinski definition) is 5. The summed E-state index contributed by atoms with van der Waals surface area (Å²) in [7, 11) is -3.88. The number of nitrogens with one attached hydrogen (secondary N) is 1. The summed E-state index contributed by atoms with van der Waals surface area (Å²) in [6.45, 7) is 0. The quantitative estimate of drug-likeness (QED) is 0.803. The molecule has 8 nitrogen and oxygen atoms in total. The van der Waals surface area contributed by atoms with Gasteiger partial charge in [-0.1, -0.05) is 0 Å². The molecule has 0 saturated heterocycles. The Morgan fingerprint density at radius 1 is 1.32 bits per heavy atom. The average Bonchev–Trinajstić information content (AvgIpc) is 2.81. The van der Waals surface area contributed by atoms with Crippen molar-refractivity contribution in [3.05, 3.63) is 36.9 Å². The minimum Gasteiger partial charge on any atom is -0.480 e. The fourth-order valence-electron chi connectivity index (χ4n) is 1.40. The van der Waals surface area contributed by atoms with Crippen molar-refractivity contribution in [3.8, 4) is 5.69 Å². The Labute approximate surface area is 108 Å². The number of aliphatic carboxylic acids is 1. The number of carboxylic acids is 1. The molecule has 100 valence electrons. The Morgan fingerprint density at radius 3 is 2.53 bits per heavy atom. The molecule has 0 aliphatic rings. The second kappa shape index (κ2) is 5.06. The van der Waals surface area contributed by atoms with Gasteiger partial charge >= 0.3 is 5.97 Å². The van der Waals surface area contributed by atoms with Crippen molar-refractivity contribution in [1.82, 2.24) is 14.8 Å². The molecule has 0 aliphatic carbocycles. The molecule has 0 atom stereocenters. The van der Waals surface area contributed by atoms with E-state index in [4.69, 9.17) is 5.11 Å². The zero-order chi connectivity index (χ0) is 13.9. The Bertz CT molecular complexity index is 664. The van der Waals surface area contributed by atoms with Gasteiger partial charge in [0, 0.05) is 5.69 Å². The van der Waals surface area contributed by atoms with Gasteiger partial charge in [-0.25, -0.2) is 18.1 Å². The van der Waals surface area contributed by atoms with Crippen LogP contribution in [-0.4, -0.2) is 40.0 Å². The third kappa shape index (κ3) is 3.52. The maximum atomic E-state index is 11.4. The zero-order valence-corrected chi connectivity index (χ0v) is 10.4. The average molecular weight is 282 g/mol. The minimum atomic E-state index is -3.88. The maximum Gasteiger partial charge on any atom is 0.320 e. The van der Waals surface area contributed by atoms with Crippen LogP contribution < -0.4 is 4.72 Å². The van der Waals surface area contributed by atoms with E-state index in [0.29, 0.717) is 5.69 Å². The first kappa shape index (κ1) is 13.0. The van der Waals surface area contributed by atoms with E-state index >= 15 is 0 Å². The van der Waals surface area contributed by atoms with Gasteiger partial charge in [0.15, 0.2) is 5.75 Å². The van der Waals surface area contributed by atoms with Crippen LogP contribution in [0.15, 0.2) is 36.9 Å². The van der Waals surface area contributed by atoms with Crippen LogP contribution in [0.3, 0.4) is 0 Å². The number of aromatic nitrogens is 3. The summed E-state index contributed by atoms with van der Waals surface area (Å²) in [5, 5.41) is 12.4. The van der Waals surface area contributed by atoms with E-state index in [-0.39, 0.29) is 5.69 Å². The van der Waals surface area contributed by atoms with E-state index in [1.807, 2.05) is 0 Å². The van der Waals surface area contributed by atoms with Crippen LogP contribution in [0.1, 0.15) is 0 Å². The van der Waals surface area contributed by atoms with Crippen LogP contribution >= 0.6 is 0 Å².